The first kappa shape index (κ1) is 17.3. The average molecular weight is 356 g/mol. The highest BCUT2D eigenvalue weighted by Crippen LogP contribution is 2.39. The second-order valence-electron chi connectivity index (χ2n) is 5.34. The molecule has 2 heterocycles. The molecule has 134 valence electrons. The van der Waals surface area contributed by atoms with Crippen molar-refractivity contribution in [2.75, 3.05) is 6.61 Å². The van der Waals surface area contributed by atoms with Crippen LogP contribution in [0.25, 0.3) is 10.9 Å². The Morgan fingerprint density at radius 2 is 2.08 bits per heavy atom. The Hall–Kier alpha value is -3.56. The molecule has 2 aromatic heterocycles. The molecule has 2 N–H and O–H groups in total. The molecule has 10 heteroatoms. The molecular formula is C16H16N6O4. The van der Waals surface area contributed by atoms with Gasteiger partial charge in [-0.05, 0) is 19.9 Å². The van der Waals surface area contributed by atoms with Crippen LogP contribution in [0.5, 0.6) is 5.88 Å². The Morgan fingerprint density at radius 3 is 2.81 bits per heavy atom. The maximum atomic E-state index is 11.8. The molecule has 0 unspecified atom stereocenters. The van der Waals surface area contributed by atoms with Crippen LogP contribution in [0.4, 0.5) is 11.6 Å². The third-order valence-corrected chi connectivity index (χ3v) is 3.60. The number of nitrogens with one attached hydrogen (secondary N) is 1. The molecule has 0 saturated carbocycles. The summed E-state index contributed by atoms with van der Waals surface area (Å²) >= 11 is 0. The molecule has 0 bridgehead atoms. The number of rotatable bonds is 5. The number of aromatic amines is 1. The fourth-order valence-corrected chi connectivity index (χ4v) is 2.39. The second kappa shape index (κ2) is 7.13. The third kappa shape index (κ3) is 3.29. The molecule has 0 atom stereocenters. The maximum absolute atomic E-state index is 11.8. The highest BCUT2D eigenvalue weighted by Gasteiger charge is 2.18. The van der Waals surface area contributed by atoms with E-state index >= 15 is 0 Å². The van der Waals surface area contributed by atoms with Crippen LogP contribution in [-0.2, 0) is 16.1 Å². The van der Waals surface area contributed by atoms with Crippen LogP contribution >= 0.6 is 0 Å². The molecule has 3 aromatic rings. The molecule has 0 aliphatic rings. The number of fused-ring (bicyclic) bond motifs is 1. The Kier molecular flexibility index (Phi) is 4.74. The molecule has 0 saturated heterocycles. The average Bonchev–Trinajstić information content (AvgIpc) is 2.88. The van der Waals surface area contributed by atoms with Gasteiger partial charge in [0.2, 0.25) is 5.88 Å². The second-order valence-corrected chi connectivity index (χ2v) is 5.34. The molecule has 0 radical (unpaired) electrons. The molecule has 0 aliphatic carbocycles. The summed E-state index contributed by atoms with van der Waals surface area (Å²) in [4.78, 5) is 25.8. The van der Waals surface area contributed by atoms with Crippen molar-refractivity contribution in [3.63, 3.8) is 0 Å². The fourth-order valence-electron chi connectivity index (χ4n) is 2.39. The molecule has 10 nitrogen and oxygen atoms in total. The molecule has 0 amide bonds. The van der Waals surface area contributed by atoms with Crippen LogP contribution in [0.1, 0.15) is 12.6 Å². The van der Waals surface area contributed by atoms with Crippen LogP contribution < -0.4 is 5.56 Å². The van der Waals surface area contributed by atoms with Gasteiger partial charge in [-0.3, -0.25) is 19.1 Å². The standard InChI is InChI=1S/C16H16N6O4/c1-3-26-12(23)8-22-11-7-5-4-6-10(11)13(15(22)25)19-21-16-17-14(24)9(2)18-20-16/h4-7,25H,3,8H2,1-2H3,(H,17,20,24). The molecule has 0 fully saturated rings. The zero-order chi connectivity index (χ0) is 18.7. The van der Waals surface area contributed by atoms with Gasteiger partial charge in [0.25, 0.3) is 11.5 Å². The summed E-state index contributed by atoms with van der Waals surface area (Å²) in [5.41, 5.74) is 0.518. The number of hydrogen-bond donors (Lipinski definition) is 2. The van der Waals surface area contributed by atoms with E-state index in [2.05, 4.69) is 25.4 Å². The first-order valence-corrected chi connectivity index (χ1v) is 7.82. The fraction of sp³-hybridized carbons (Fsp3) is 0.250. The maximum Gasteiger partial charge on any atom is 0.326 e. The molecular weight excluding hydrogens is 340 g/mol. The van der Waals surface area contributed by atoms with Crippen LogP contribution in [0.15, 0.2) is 39.3 Å². The quantitative estimate of drug-likeness (QED) is 0.531. The Labute approximate surface area is 147 Å². The van der Waals surface area contributed by atoms with Crippen molar-refractivity contribution in [2.24, 2.45) is 10.2 Å². The van der Waals surface area contributed by atoms with Gasteiger partial charge in [-0.2, -0.15) is 0 Å². The Bertz CT molecular complexity index is 1050. The number of aromatic hydroxyl groups is 1. The van der Waals surface area contributed by atoms with Crippen molar-refractivity contribution < 1.29 is 14.6 Å². The summed E-state index contributed by atoms with van der Waals surface area (Å²) in [5, 5.41) is 26.3. The number of aryl methyl sites for hydroxylation is 1. The van der Waals surface area contributed by atoms with Crippen molar-refractivity contribution >= 4 is 28.5 Å². The largest absolute Gasteiger partial charge is 0.493 e. The zero-order valence-corrected chi connectivity index (χ0v) is 14.1. The number of hydrogen-bond acceptors (Lipinski definition) is 8. The number of ether oxygens (including phenoxy) is 1. The van der Waals surface area contributed by atoms with Gasteiger partial charge >= 0.3 is 5.97 Å². The summed E-state index contributed by atoms with van der Waals surface area (Å²) in [6.07, 6.45) is 0. The number of aromatic nitrogens is 4. The molecule has 1 aromatic carbocycles. The topological polar surface area (TPSA) is 135 Å². The van der Waals surface area contributed by atoms with Crippen LogP contribution in [0.2, 0.25) is 0 Å². The summed E-state index contributed by atoms with van der Waals surface area (Å²) in [6, 6.07) is 7.01. The molecule has 3 rings (SSSR count). The lowest BCUT2D eigenvalue weighted by Crippen LogP contribution is -2.12. The van der Waals surface area contributed by atoms with E-state index in [1.165, 1.54) is 11.5 Å². The molecule has 26 heavy (non-hydrogen) atoms. The van der Waals surface area contributed by atoms with Gasteiger partial charge in [-0.25, -0.2) is 0 Å². The van der Waals surface area contributed by atoms with Crippen LogP contribution in [0.3, 0.4) is 0 Å². The van der Waals surface area contributed by atoms with Gasteiger partial charge in [0.1, 0.15) is 12.2 Å². The van der Waals surface area contributed by atoms with Gasteiger partial charge in [0.05, 0.1) is 12.1 Å². The van der Waals surface area contributed by atoms with Gasteiger partial charge in [0.15, 0.2) is 5.69 Å². The third-order valence-electron chi connectivity index (χ3n) is 3.60. The number of H-pyrrole nitrogens is 1. The number of benzene rings is 1. The minimum absolute atomic E-state index is 0.0952. The highest BCUT2D eigenvalue weighted by atomic mass is 16.5. The predicted molar refractivity (Wildman–Crippen MR) is 91.8 cm³/mol. The molecule has 0 spiro atoms. The number of esters is 1. The number of azo groups is 1. The smallest absolute Gasteiger partial charge is 0.326 e. The lowest BCUT2D eigenvalue weighted by atomic mass is 10.2. The van der Waals surface area contributed by atoms with Gasteiger partial charge in [-0.1, -0.05) is 18.2 Å². The van der Waals surface area contributed by atoms with E-state index in [9.17, 15) is 14.7 Å². The predicted octanol–water partition coefficient (Wildman–Crippen LogP) is 2.11. The van der Waals surface area contributed by atoms with Crippen molar-refractivity contribution in [1.82, 2.24) is 19.7 Å². The lowest BCUT2D eigenvalue weighted by molar-refractivity contribution is -0.143. The van der Waals surface area contributed by atoms with Crippen molar-refractivity contribution in [3.05, 3.63) is 40.3 Å². The van der Waals surface area contributed by atoms with E-state index in [4.69, 9.17) is 4.74 Å². The first-order valence-electron chi connectivity index (χ1n) is 7.82. The monoisotopic (exact) mass is 356 g/mol. The number of para-hydroxylation sites is 1. The van der Waals surface area contributed by atoms with E-state index in [1.54, 1.807) is 31.2 Å². The lowest BCUT2D eigenvalue weighted by Gasteiger charge is -2.06. The number of carbonyl (C=O) groups excluding carboxylic acids is 1. The summed E-state index contributed by atoms with van der Waals surface area (Å²) < 4.78 is 6.31. The van der Waals surface area contributed by atoms with Gasteiger partial charge < -0.3 is 9.84 Å². The van der Waals surface area contributed by atoms with E-state index in [-0.39, 0.29) is 36.4 Å². The van der Waals surface area contributed by atoms with Crippen LogP contribution in [0, 0.1) is 6.92 Å². The van der Waals surface area contributed by atoms with Crippen LogP contribution in [-0.4, -0.2) is 37.4 Å². The van der Waals surface area contributed by atoms with E-state index in [0.29, 0.717) is 10.9 Å². The summed E-state index contributed by atoms with van der Waals surface area (Å²) in [5.74, 6) is -0.826. The van der Waals surface area contributed by atoms with E-state index in [1.807, 2.05) is 0 Å². The normalized spacial score (nSPS) is 11.3. The van der Waals surface area contributed by atoms with E-state index in [0.717, 1.165) is 0 Å². The first-order chi connectivity index (χ1) is 12.5. The minimum atomic E-state index is -0.485. The Balaban J connectivity index is 2.04. The number of carbonyl (C=O) groups is 1. The van der Waals surface area contributed by atoms with Gasteiger partial charge in [0, 0.05) is 5.39 Å². The minimum Gasteiger partial charge on any atom is -0.493 e. The summed E-state index contributed by atoms with van der Waals surface area (Å²) in [6.45, 7) is 3.29. The van der Waals surface area contributed by atoms with Gasteiger partial charge in [-0.15, -0.1) is 20.4 Å². The number of nitrogens with zero attached hydrogens (tertiary/aromatic N) is 5. The Morgan fingerprint density at radius 1 is 1.31 bits per heavy atom. The SMILES string of the molecule is CCOC(=O)Cn1c(O)c(N=Nc2nnc(C)c(=O)[nH]2)c2ccccc21. The van der Waals surface area contributed by atoms with Crippen molar-refractivity contribution in [2.45, 2.75) is 20.4 Å². The van der Waals surface area contributed by atoms with Crippen molar-refractivity contribution in [1.29, 1.82) is 0 Å². The van der Waals surface area contributed by atoms with E-state index < -0.39 is 11.5 Å². The molecule has 0 aliphatic heterocycles. The summed E-state index contributed by atoms with van der Waals surface area (Å²) in [7, 11) is 0. The van der Waals surface area contributed by atoms with Crippen molar-refractivity contribution in [3.8, 4) is 5.88 Å². The zero-order valence-electron chi connectivity index (χ0n) is 14.1. The highest BCUT2D eigenvalue weighted by molar-refractivity contribution is 5.95.